The van der Waals surface area contributed by atoms with Crippen molar-refractivity contribution in [1.82, 2.24) is 10.3 Å². The molecular weight excluding hydrogens is 518 g/mol. The number of ether oxygens (including phenoxy) is 1. The first-order valence-corrected chi connectivity index (χ1v) is 14.1. The fraction of sp³-hybridized carbons (Fsp3) is 0.303. The zero-order valence-corrected chi connectivity index (χ0v) is 23.1. The number of hydrogen-bond donors (Lipinski definition) is 3. The topological polar surface area (TPSA) is 112 Å². The van der Waals surface area contributed by atoms with Crippen LogP contribution in [0.25, 0.3) is 10.9 Å². The van der Waals surface area contributed by atoms with Crippen LogP contribution in [-0.4, -0.2) is 40.0 Å². The lowest BCUT2D eigenvalue weighted by molar-refractivity contribution is -0.148. The fourth-order valence-electron chi connectivity index (χ4n) is 6.43. The molecule has 4 unspecified atom stereocenters. The molecule has 8 nitrogen and oxygen atoms in total. The van der Waals surface area contributed by atoms with Crippen LogP contribution in [0, 0.1) is 11.8 Å². The van der Waals surface area contributed by atoms with Gasteiger partial charge in [-0.2, -0.15) is 0 Å². The summed E-state index contributed by atoms with van der Waals surface area (Å²) in [4.78, 5) is 46.0. The molecule has 0 radical (unpaired) electrons. The van der Waals surface area contributed by atoms with E-state index >= 15 is 0 Å². The van der Waals surface area contributed by atoms with Crippen molar-refractivity contribution in [2.24, 2.45) is 11.8 Å². The normalized spacial score (nSPS) is 23.8. The highest BCUT2D eigenvalue weighted by atomic mass is 16.5. The maximum absolute atomic E-state index is 14.2. The number of para-hydroxylation sites is 1. The van der Waals surface area contributed by atoms with Crippen LogP contribution in [0.1, 0.15) is 43.0 Å². The molecule has 4 aromatic rings. The SMILES string of the molecule is CCCOc1ccc(C2NC(Cc3c[nH]c4ccccc34)(C(=O)O)C3C(=O)N(c4ccc(CC)cc4)C(=O)C23)cc1. The second-order valence-corrected chi connectivity index (χ2v) is 10.9. The molecule has 0 spiro atoms. The van der Waals surface area contributed by atoms with E-state index in [0.717, 1.165) is 40.4 Å². The molecular formula is C33H33N3O5. The molecule has 2 fully saturated rings. The number of aliphatic carboxylic acids is 1. The number of aromatic nitrogens is 1. The molecule has 0 saturated carbocycles. The number of carboxylic acids is 1. The predicted molar refractivity (Wildman–Crippen MR) is 156 cm³/mol. The average Bonchev–Trinajstić information content (AvgIpc) is 3.64. The minimum Gasteiger partial charge on any atom is -0.494 e. The van der Waals surface area contributed by atoms with Gasteiger partial charge in [0.2, 0.25) is 11.8 Å². The Morgan fingerprint density at radius 3 is 2.39 bits per heavy atom. The van der Waals surface area contributed by atoms with Crippen molar-refractivity contribution < 1.29 is 24.2 Å². The Hall–Kier alpha value is -4.43. The molecule has 3 N–H and O–H groups in total. The third-order valence-corrected chi connectivity index (χ3v) is 8.49. The van der Waals surface area contributed by atoms with E-state index in [1.54, 1.807) is 18.3 Å². The Labute approximate surface area is 238 Å². The molecule has 3 heterocycles. The molecule has 2 saturated heterocycles. The summed E-state index contributed by atoms with van der Waals surface area (Å²) in [5.74, 6) is -3.35. The summed E-state index contributed by atoms with van der Waals surface area (Å²) in [6.45, 7) is 4.64. The van der Waals surface area contributed by atoms with Crippen LogP contribution >= 0.6 is 0 Å². The molecule has 210 valence electrons. The zero-order valence-electron chi connectivity index (χ0n) is 23.1. The number of carboxylic acid groups (broad SMARTS) is 1. The predicted octanol–water partition coefficient (Wildman–Crippen LogP) is 5.04. The number of nitrogens with one attached hydrogen (secondary N) is 2. The summed E-state index contributed by atoms with van der Waals surface area (Å²) < 4.78 is 5.73. The summed E-state index contributed by atoms with van der Waals surface area (Å²) in [7, 11) is 0. The first-order valence-electron chi connectivity index (χ1n) is 14.1. The van der Waals surface area contributed by atoms with Crippen molar-refractivity contribution in [3.05, 3.63) is 95.7 Å². The number of aryl methyl sites for hydroxylation is 1. The highest BCUT2D eigenvalue weighted by Gasteiger charge is 2.68. The molecule has 2 amide bonds. The molecule has 8 heteroatoms. The number of nitrogens with zero attached hydrogens (tertiary/aromatic N) is 1. The number of rotatable bonds is 9. The third kappa shape index (κ3) is 4.39. The van der Waals surface area contributed by atoms with Gasteiger partial charge in [-0.25, -0.2) is 4.90 Å². The van der Waals surface area contributed by atoms with Gasteiger partial charge in [0.05, 0.1) is 24.1 Å². The fourth-order valence-corrected chi connectivity index (χ4v) is 6.43. The molecule has 1 aromatic heterocycles. The van der Waals surface area contributed by atoms with E-state index in [0.29, 0.717) is 18.0 Å². The third-order valence-electron chi connectivity index (χ3n) is 8.49. The first-order chi connectivity index (χ1) is 19.9. The maximum atomic E-state index is 14.2. The van der Waals surface area contributed by atoms with E-state index in [4.69, 9.17) is 4.74 Å². The second-order valence-electron chi connectivity index (χ2n) is 10.9. The molecule has 0 bridgehead atoms. The first kappa shape index (κ1) is 26.8. The lowest BCUT2D eigenvalue weighted by atomic mass is 9.76. The van der Waals surface area contributed by atoms with Crippen molar-refractivity contribution in [2.75, 3.05) is 11.5 Å². The van der Waals surface area contributed by atoms with E-state index in [1.165, 1.54) is 4.90 Å². The quantitative estimate of drug-likeness (QED) is 0.252. The van der Waals surface area contributed by atoms with Crippen molar-refractivity contribution in [1.29, 1.82) is 0 Å². The number of benzene rings is 3. The Balaban J connectivity index is 1.45. The Morgan fingerprint density at radius 2 is 1.71 bits per heavy atom. The Morgan fingerprint density at radius 1 is 0.976 bits per heavy atom. The van der Waals surface area contributed by atoms with Gasteiger partial charge in [0, 0.05) is 29.6 Å². The number of aromatic amines is 1. The van der Waals surface area contributed by atoms with Crippen LogP contribution < -0.4 is 15.0 Å². The molecule has 2 aliphatic heterocycles. The molecule has 41 heavy (non-hydrogen) atoms. The lowest BCUT2D eigenvalue weighted by Gasteiger charge is -2.31. The average molecular weight is 552 g/mol. The Bertz CT molecular complexity index is 1610. The highest BCUT2D eigenvalue weighted by Crippen LogP contribution is 2.51. The minimum atomic E-state index is -1.71. The van der Waals surface area contributed by atoms with Crippen molar-refractivity contribution in [2.45, 2.75) is 44.7 Å². The monoisotopic (exact) mass is 551 g/mol. The van der Waals surface area contributed by atoms with Gasteiger partial charge in [0.25, 0.3) is 0 Å². The van der Waals surface area contributed by atoms with Crippen LogP contribution in [-0.2, 0) is 27.2 Å². The van der Waals surface area contributed by atoms with Gasteiger partial charge in [-0.3, -0.25) is 19.7 Å². The van der Waals surface area contributed by atoms with Gasteiger partial charge in [-0.15, -0.1) is 0 Å². The van der Waals surface area contributed by atoms with Crippen molar-refractivity contribution in [3.63, 3.8) is 0 Å². The summed E-state index contributed by atoms with van der Waals surface area (Å²) >= 11 is 0. The minimum absolute atomic E-state index is 0.0311. The largest absolute Gasteiger partial charge is 0.494 e. The number of fused-ring (bicyclic) bond motifs is 2. The van der Waals surface area contributed by atoms with Gasteiger partial charge in [-0.05, 0) is 59.9 Å². The van der Waals surface area contributed by atoms with Gasteiger partial charge in [0.1, 0.15) is 11.3 Å². The lowest BCUT2D eigenvalue weighted by Crippen LogP contribution is -2.57. The molecule has 0 aliphatic carbocycles. The van der Waals surface area contributed by atoms with Gasteiger partial charge < -0.3 is 14.8 Å². The van der Waals surface area contributed by atoms with Crippen molar-refractivity contribution in [3.8, 4) is 5.75 Å². The molecule has 3 aromatic carbocycles. The number of imide groups is 1. The van der Waals surface area contributed by atoms with Crippen LogP contribution in [0.2, 0.25) is 0 Å². The number of H-pyrrole nitrogens is 1. The number of hydrogen-bond acceptors (Lipinski definition) is 5. The van der Waals surface area contributed by atoms with Crippen molar-refractivity contribution >= 4 is 34.4 Å². The van der Waals surface area contributed by atoms with E-state index in [-0.39, 0.29) is 6.42 Å². The Kier molecular flexibility index (Phi) is 6.87. The summed E-state index contributed by atoms with van der Waals surface area (Å²) in [5, 5.41) is 15.0. The smallest absolute Gasteiger partial charge is 0.325 e. The van der Waals surface area contributed by atoms with E-state index in [2.05, 4.69) is 10.3 Å². The number of carbonyl (C=O) groups excluding carboxylic acids is 2. The van der Waals surface area contributed by atoms with Gasteiger partial charge in [0.15, 0.2) is 0 Å². The van der Waals surface area contributed by atoms with Gasteiger partial charge >= 0.3 is 5.97 Å². The summed E-state index contributed by atoms with van der Waals surface area (Å²) in [6.07, 6.45) is 3.52. The second kappa shape index (κ2) is 10.5. The maximum Gasteiger partial charge on any atom is 0.325 e. The van der Waals surface area contributed by atoms with Crippen LogP contribution in [0.5, 0.6) is 5.75 Å². The van der Waals surface area contributed by atoms with E-state index < -0.39 is 41.2 Å². The van der Waals surface area contributed by atoms with E-state index in [1.807, 2.05) is 74.5 Å². The zero-order chi connectivity index (χ0) is 28.7. The molecule has 4 atom stereocenters. The summed E-state index contributed by atoms with van der Waals surface area (Å²) in [5.41, 5.74) is 2.21. The van der Waals surface area contributed by atoms with Crippen LogP contribution in [0.3, 0.4) is 0 Å². The van der Waals surface area contributed by atoms with Gasteiger partial charge in [-0.1, -0.05) is 56.3 Å². The number of amides is 2. The standard InChI is InChI=1S/C33H33N3O5/c1-3-17-41-24-15-11-21(12-16-24)29-27-28(31(38)36(30(27)37)23-13-9-20(4-2)10-14-23)33(35-29,32(39)40)18-22-19-34-26-8-6-5-7-25(22)26/h5-16,19,27-29,34-35H,3-4,17-18H2,1-2H3,(H,39,40). The van der Waals surface area contributed by atoms with E-state index in [9.17, 15) is 19.5 Å². The number of anilines is 1. The molecule has 6 rings (SSSR count). The van der Waals surface area contributed by atoms with Crippen LogP contribution in [0.4, 0.5) is 5.69 Å². The number of carbonyl (C=O) groups is 3. The highest BCUT2D eigenvalue weighted by molar-refractivity contribution is 6.24. The van der Waals surface area contributed by atoms with Crippen LogP contribution in [0.15, 0.2) is 79.0 Å². The molecule has 2 aliphatic rings. The summed E-state index contributed by atoms with van der Waals surface area (Å²) in [6, 6.07) is 21.6.